The topological polar surface area (TPSA) is 40.5 Å². The van der Waals surface area contributed by atoms with Gasteiger partial charge in [0.15, 0.2) is 0 Å². The lowest BCUT2D eigenvalue weighted by molar-refractivity contribution is 0.0219. The van der Waals surface area contributed by atoms with E-state index in [1.54, 1.807) is 11.1 Å². The second kappa shape index (κ2) is 4.70. The van der Waals surface area contributed by atoms with Crippen LogP contribution >= 0.6 is 0 Å². The molecule has 0 radical (unpaired) electrons. The van der Waals surface area contributed by atoms with E-state index in [2.05, 4.69) is 26.8 Å². The predicted molar refractivity (Wildman–Crippen MR) is 88.2 cm³/mol. The van der Waals surface area contributed by atoms with E-state index in [4.69, 9.17) is 0 Å². The van der Waals surface area contributed by atoms with Crippen molar-refractivity contribution in [3.63, 3.8) is 0 Å². The maximum atomic E-state index is 10.5. The Hall–Kier alpha value is -0.600. The molecule has 0 bridgehead atoms. The molecule has 0 spiro atoms. The highest BCUT2D eigenvalue weighted by Gasteiger charge is 2.55. The van der Waals surface area contributed by atoms with Gasteiger partial charge in [0.1, 0.15) is 0 Å². The van der Waals surface area contributed by atoms with Gasteiger partial charge in [-0.05, 0) is 56.3 Å². The third kappa shape index (κ3) is 1.80. The van der Waals surface area contributed by atoms with Crippen LogP contribution in [0.5, 0.6) is 0 Å². The molecule has 4 aliphatic carbocycles. The lowest BCUT2D eigenvalue weighted by Crippen LogP contribution is -2.46. The molecule has 2 heteroatoms. The Kier molecular flexibility index (Phi) is 3.20. The van der Waals surface area contributed by atoms with Gasteiger partial charge in [0, 0.05) is 10.8 Å². The summed E-state index contributed by atoms with van der Waals surface area (Å²) in [5, 5.41) is 20.6. The zero-order valence-corrected chi connectivity index (χ0v) is 14.2. The van der Waals surface area contributed by atoms with Gasteiger partial charge in [-0.3, -0.25) is 0 Å². The van der Waals surface area contributed by atoms with Crippen LogP contribution in [0, 0.1) is 28.6 Å². The van der Waals surface area contributed by atoms with Gasteiger partial charge < -0.3 is 10.2 Å². The summed E-state index contributed by atoms with van der Waals surface area (Å²) in [4.78, 5) is 0. The second-order valence-electron chi connectivity index (χ2n) is 8.86. The maximum absolute atomic E-state index is 10.5. The zero-order chi connectivity index (χ0) is 15.7. The lowest BCUT2D eigenvalue weighted by atomic mass is 9.51. The SMILES string of the molecule is C[C@H]1CC2C[C@@H](O)C=C[C@]2(C)C2=C1[C@@H]1CC[C@H](O)[C@@]1(C)CC2. The fraction of sp³-hybridized carbons (Fsp3) is 0.800. The summed E-state index contributed by atoms with van der Waals surface area (Å²) in [6.45, 7) is 7.10. The van der Waals surface area contributed by atoms with Crippen LogP contribution < -0.4 is 0 Å². The van der Waals surface area contributed by atoms with Crippen molar-refractivity contribution in [3.05, 3.63) is 23.3 Å². The summed E-state index contributed by atoms with van der Waals surface area (Å²) in [5.74, 6) is 1.78. The van der Waals surface area contributed by atoms with Crippen LogP contribution in [0.3, 0.4) is 0 Å². The van der Waals surface area contributed by atoms with Crippen molar-refractivity contribution in [2.45, 2.75) is 71.5 Å². The summed E-state index contributed by atoms with van der Waals surface area (Å²) in [7, 11) is 0. The summed E-state index contributed by atoms with van der Waals surface area (Å²) >= 11 is 0. The molecule has 22 heavy (non-hydrogen) atoms. The molecule has 4 rings (SSSR count). The van der Waals surface area contributed by atoms with Crippen LogP contribution in [0.25, 0.3) is 0 Å². The van der Waals surface area contributed by atoms with Crippen LogP contribution in [-0.4, -0.2) is 22.4 Å². The number of aliphatic hydroxyl groups is 2. The molecule has 7 atom stereocenters. The van der Waals surface area contributed by atoms with Crippen molar-refractivity contribution in [2.24, 2.45) is 28.6 Å². The molecule has 0 heterocycles. The van der Waals surface area contributed by atoms with Crippen molar-refractivity contribution in [1.29, 1.82) is 0 Å². The maximum Gasteiger partial charge on any atom is 0.0724 e. The number of hydrogen-bond acceptors (Lipinski definition) is 2. The predicted octanol–water partition coefficient (Wildman–Crippen LogP) is 3.84. The van der Waals surface area contributed by atoms with Crippen molar-refractivity contribution >= 4 is 0 Å². The van der Waals surface area contributed by atoms with Gasteiger partial charge in [0.25, 0.3) is 0 Å². The molecule has 0 saturated heterocycles. The van der Waals surface area contributed by atoms with E-state index in [-0.39, 0.29) is 23.0 Å². The Morgan fingerprint density at radius 2 is 1.91 bits per heavy atom. The summed E-state index contributed by atoms with van der Waals surface area (Å²) in [6.07, 6.45) is 10.5. The number of fused-ring (bicyclic) bond motifs is 4. The number of hydrogen-bond donors (Lipinski definition) is 2. The second-order valence-corrected chi connectivity index (χ2v) is 8.86. The minimum atomic E-state index is -0.255. The van der Waals surface area contributed by atoms with E-state index in [1.165, 1.54) is 6.42 Å². The van der Waals surface area contributed by atoms with Gasteiger partial charge in [-0.25, -0.2) is 0 Å². The van der Waals surface area contributed by atoms with Crippen molar-refractivity contribution in [1.82, 2.24) is 0 Å². The van der Waals surface area contributed by atoms with Gasteiger partial charge in [-0.2, -0.15) is 0 Å². The Labute approximate surface area is 134 Å². The van der Waals surface area contributed by atoms with Crippen molar-refractivity contribution in [2.75, 3.05) is 0 Å². The third-order valence-corrected chi connectivity index (χ3v) is 7.78. The third-order valence-electron chi connectivity index (χ3n) is 7.78. The van der Waals surface area contributed by atoms with E-state index in [0.717, 1.165) is 32.1 Å². The Morgan fingerprint density at radius 1 is 1.14 bits per heavy atom. The molecule has 0 aromatic rings. The smallest absolute Gasteiger partial charge is 0.0724 e. The summed E-state index contributed by atoms with van der Waals surface area (Å²) in [5.41, 5.74) is 3.60. The van der Waals surface area contributed by atoms with Crippen LogP contribution in [0.15, 0.2) is 23.3 Å². The van der Waals surface area contributed by atoms with Crippen LogP contribution in [0.4, 0.5) is 0 Å². The fourth-order valence-electron chi connectivity index (χ4n) is 6.34. The van der Waals surface area contributed by atoms with E-state index in [1.807, 2.05) is 6.08 Å². The molecule has 4 aliphatic rings. The Morgan fingerprint density at radius 3 is 2.68 bits per heavy atom. The molecule has 1 fully saturated rings. The largest absolute Gasteiger partial charge is 0.393 e. The van der Waals surface area contributed by atoms with Gasteiger partial charge in [0.2, 0.25) is 0 Å². The average Bonchev–Trinajstić information content (AvgIpc) is 2.77. The molecule has 2 nitrogen and oxygen atoms in total. The monoisotopic (exact) mass is 302 g/mol. The van der Waals surface area contributed by atoms with Gasteiger partial charge in [0.05, 0.1) is 12.2 Å². The minimum absolute atomic E-state index is 0.105. The van der Waals surface area contributed by atoms with Crippen molar-refractivity contribution in [3.8, 4) is 0 Å². The van der Waals surface area contributed by atoms with Gasteiger partial charge >= 0.3 is 0 Å². The molecule has 2 N–H and O–H groups in total. The Bertz CT molecular complexity index is 548. The van der Waals surface area contributed by atoms with Crippen LogP contribution in [0.1, 0.15) is 59.3 Å². The van der Waals surface area contributed by atoms with Gasteiger partial charge in [-0.1, -0.05) is 44.1 Å². The number of aliphatic hydroxyl groups excluding tert-OH is 2. The molecule has 1 saturated carbocycles. The van der Waals surface area contributed by atoms with Crippen molar-refractivity contribution < 1.29 is 10.2 Å². The van der Waals surface area contributed by atoms with Crippen LogP contribution in [0.2, 0.25) is 0 Å². The fourth-order valence-corrected chi connectivity index (χ4v) is 6.34. The molecular formula is C20H30O2. The highest BCUT2D eigenvalue weighted by molar-refractivity contribution is 5.39. The lowest BCUT2D eigenvalue weighted by Gasteiger charge is -2.54. The quantitative estimate of drug-likeness (QED) is 0.668. The molecule has 0 aromatic heterocycles. The van der Waals surface area contributed by atoms with E-state index in [9.17, 15) is 10.2 Å². The van der Waals surface area contributed by atoms with E-state index < -0.39 is 0 Å². The molecule has 0 amide bonds. The van der Waals surface area contributed by atoms with Crippen LogP contribution in [-0.2, 0) is 0 Å². The molecule has 0 aliphatic heterocycles. The first-order valence-corrected chi connectivity index (χ1v) is 9.15. The van der Waals surface area contributed by atoms with Gasteiger partial charge in [-0.15, -0.1) is 0 Å². The summed E-state index contributed by atoms with van der Waals surface area (Å²) in [6, 6.07) is 0. The highest BCUT2D eigenvalue weighted by atomic mass is 16.3. The molecular weight excluding hydrogens is 272 g/mol. The first kappa shape index (κ1) is 15.0. The number of rotatable bonds is 0. The average molecular weight is 302 g/mol. The highest BCUT2D eigenvalue weighted by Crippen LogP contribution is 2.63. The summed E-state index contributed by atoms with van der Waals surface area (Å²) < 4.78 is 0. The first-order valence-electron chi connectivity index (χ1n) is 9.15. The zero-order valence-electron chi connectivity index (χ0n) is 14.2. The molecule has 122 valence electrons. The Balaban J connectivity index is 1.83. The normalized spacial score (nSPS) is 54.0. The first-order chi connectivity index (χ1) is 10.4. The number of allylic oxidation sites excluding steroid dienone is 3. The van der Waals surface area contributed by atoms with E-state index in [0.29, 0.717) is 17.8 Å². The standard InChI is InChI=1S/C20H30O2/c1-12-10-13-11-14(21)6-8-19(13,2)16-7-9-20(3)15(18(12)16)4-5-17(20)22/h6,8,12-15,17,21-22H,4-5,7,9-11H2,1-3H3/t12-,13?,14-,15-,17-,19-,20-/m0/s1. The van der Waals surface area contributed by atoms with E-state index >= 15 is 0 Å². The molecule has 1 unspecified atom stereocenters. The molecule has 0 aromatic carbocycles. The minimum Gasteiger partial charge on any atom is -0.393 e.